The van der Waals surface area contributed by atoms with E-state index < -0.39 is 23.8 Å². The molecule has 0 bridgehead atoms. The molecule has 0 radical (unpaired) electrons. The largest absolute Gasteiger partial charge is 0.331 e. The van der Waals surface area contributed by atoms with Crippen molar-refractivity contribution in [3.63, 3.8) is 0 Å². The molecular formula is C11H11Cl2FN2O2. The second-order valence-electron chi connectivity index (χ2n) is 3.36. The number of carbonyl (C=O) groups excluding carboxylic acids is 2. The topological polar surface area (TPSA) is 58.2 Å². The van der Waals surface area contributed by atoms with Crippen molar-refractivity contribution >= 4 is 35.0 Å². The summed E-state index contributed by atoms with van der Waals surface area (Å²) in [5, 5.41) is 4.78. The molecule has 2 N–H and O–H groups in total. The molecule has 0 spiro atoms. The smallest absolute Gasteiger partial charge is 0.236 e. The molecule has 0 saturated heterocycles. The summed E-state index contributed by atoms with van der Waals surface area (Å²) in [7, 11) is 0. The number of hydrogen-bond acceptors (Lipinski definition) is 2. The van der Waals surface area contributed by atoms with Crippen LogP contribution in [0.5, 0.6) is 0 Å². The van der Waals surface area contributed by atoms with Crippen molar-refractivity contribution in [3.8, 4) is 0 Å². The Morgan fingerprint density at radius 2 is 1.61 bits per heavy atom. The zero-order valence-corrected chi connectivity index (χ0v) is 10.8. The normalized spacial score (nSPS) is 10.2. The number of carbonyl (C=O) groups is 2. The van der Waals surface area contributed by atoms with E-state index in [1.807, 2.05) is 0 Å². The summed E-state index contributed by atoms with van der Waals surface area (Å²) in [5.74, 6) is -2.18. The lowest BCUT2D eigenvalue weighted by molar-refractivity contribution is -0.122. The molecule has 0 aliphatic rings. The van der Waals surface area contributed by atoms with Crippen molar-refractivity contribution in [2.45, 2.75) is 6.17 Å². The first-order valence-corrected chi connectivity index (χ1v) is 6.10. The molecule has 0 aliphatic heterocycles. The van der Waals surface area contributed by atoms with Crippen LogP contribution in [0.25, 0.3) is 0 Å². The van der Waals surface area contributed by atoms with Crippen LogP contribution in [0.1, 0.15) is 11.7 Å². The SMILES string of the molecule is O=C(CCl)NC(NC(=O)CCl)c1ccccc1F. The molecule has 4 nitrogen and oxygen atoms in total. The number of nitrogens with one attached hydrogen (secondary N) is 2. The van der Waals surface area contributed by atoms with Crippen molar-refractivity contribution in [2.24, 2.45) is 0 Å². The first kappa shape index (κ1) is 14.7. The number of benzene rings is 1. The quantitative estimate of drug-likeness (QED) is 0.639. The number of alkyl halides is 2. The highest BCUT2D eigenvalue weighted by Gasteiger charge is 2.19. The monoisotopic (exact) mass is 292 g/mol. The van der Waals surface area contributed by atoms with Gasteiger partial charge in [-0.05, 0) is 6.07 Å². The molecule has 0 aromatic heterocycles. The minimum atomic E-state index is -0.997. The van der Waals surface area contributed by atoms with E-state index in [0.29, 0.717) is 0 Å². The average Bonchev–Trinajstić information content (AvgIpc) is 2.38. The van der Waals surface area contributed by atoms with Gasteiger partial charge < -0.3 is 10.6 Å². The van der Waals surface area contributed by atoms with Gasteiger partial charge in [-0.25, -0.2) is 4.39 Å². The van der Waals surface area contributed by atoms with Crippen molar-refractivity contribution in [1.29, 1.82) is 0 Å². The molecule has 1 aromatic carbocycles. The van der Waals surface area contributed by atoms with Gasteiger partial charge in [-0.15, -0.1) is 23.2 Å². The molecule has 0 aliphatic carbocycles. The van der Waals surface area contributed by atoms with Gasteiger partial charge in [0.15, 0.2) is 0 Å². The van der Waals surface area contributed by atoms with Gasteiger partial charge in [0, 0.05) is 5.56 Å². The second-order valence-corrected chi connectivity index (χ2v) is 3.89. The van der Waals surface area contributed by atoms with Crippen LogP contribution in [-0.4, -0.2) is 23.6 Å². The fraction of sp³-hybridized carbons (Fsp3) is 0.273. The Bertz CT molecular complexity index is 425. The molecule has 1 aromatic rings. The Labute approximate surface area is 113 Å². The van der Waals surface area contributed by atoms with Crippen molar-refractivity contribution in [1.82, 2.24) is 10.6 Å². The van der Waals surface area contributed by atoms with E-state index >= 15 is 0 Å². The molecular weight excluding hydrogens is 282 g/mol. The van der Waals surface area contributed by atoms with Gasteiger partial charge in [0.1, 0.15) is 23.7 Å². The third kappa shape index (κ3) is 4.16. The van der Waals surface area contributed by atoms with E-state index in [1.54, 1.807) is 6.07 Å². The maximum Gasteiger partial charge on any atom is 0.236 e. The van der Waals surface area contributed by atoms with E-state index in [1.165, 1.54) is 18.2 Å². The molecule has 0 fully saturated rings. The molecule has 98 valence electrons. The highest BCUT2D eigenvalue weighted by Crippen LogP contribution is 2.14. The third-order valence-corrected chi connectivity index (χ3v) is 2.56. The van der Waals surface area contributed by atoms with Crippen LogP contribution in [0, 0.1) is 5.82 Å². The van der Waals surface area contributed by atoms with Crippen LogP contribution in [0.4, 0.5) is 4.39 Å². The number of hydrogen-bond donors (Lipinski definition) is 2. The summed E-state index contributed by atoms with van der Waals surface area (Å²) in [6.45, 7) is 0. The number of halogens is 3. The Hall–Kier alpha value is -1.33. The minimum Gasteiger partial charge on any atom is -0.331 e. The fourth-order valence-electron chi connectivity index (χ4n) is 1.30. The minimum absolute atomic E-state index is 0.134. The first-order chi connectivity index (χ1) is 8.58. The van der Waals surface area contributed by atoms with E-state index in [9.17, 15) is 14.0 Å². The summed E-state index contributed by atoms with van der Waals surface area (Å²) >= 11 is 10.7. The molecule has 0 saturated carbocycles. The predicted octanol–water partition coefficient (Wildman–Crippen LogP) is 1.53. The van der Waals surface area contributed by atoms with Gasteiger partial charge >= 0.3 is 0 Å². The Morgan fingerprint density at radius 3 is 2.06 bits per heavy atom. The molecule has 2 amide bonds. The molecule has 0 heterocycles. The zero-order chi connectivity index (χ0) is 13.5. The fourth-order valence-corrected chi connectivity index (χ4v) is 1.45. The third-order valence-electron chi connectivity index (χ3n) is 2.07. The van der Waals surface area contributed by atoms with Gasteiger partial charge in [0.25, 0.3) is 0 Å². The van der Waals surface area contributed by atoms with Gasteiger partial charge in [0.2, 0.25) is 11.8 Å². The Morgan fingerprint density at radius 1 is 1.11 bits per heavy atom. The maximum absolute atomic E-state index is 13.6. The molecule has 18 heavy (non-hydrogen) atoms. The summed E-state index contributed by atoms with van der Waals surface area (Å²) < 4.78 is 13.6. The predicted molar refractivity (Wildman–Crippen MR) is 66.9 cm³/mol. The van der Waals surface area contributed by atoms with Crippen molar-refractivity contribution in [3.05, 3.63) is 35.6 Å². The van der Waals surface area contributed by atoms with E-state index in [0.717, 1.165) is 0 Å². The molecule has 0 atom stereocenters. The lowest BCUT2D eigenvalue weighted by Gasteiger charge is -2.20. The van der Waals surface area contributed by atoms with Gasteiger partial charge in [-0.1, -0.05) is 18.2 Å². The van der Waals surface area contributed by atoms with Crippen LogP contribution in [-0.2, 0) is 9.59 Å². The van der Waals surface area contributed by atoms with Crippen molar-refractivity contribution in [2.75, 3.05) is 11.8 Å². The summed E-state index contributed by atoms with van der Waals surface area (Å²) in [6.07, 6.45) is -0.997. The van der Waals surface area contributed by atoms with E-state index in [-0.39, 0.29) is 17.3 Å². The second kappa shape index (κ2) is 7.18. The molecule has 7 heteroatoms. The highest BCUT2D eigenvalue weighted by atomic mass is 35.5. The zero-order valence-electron chi connectivity index (χ0n) is 9.25. The number of rotatable bonds is 5. The van der Waals surface area contributed by atoms with Crippen LogP contribution in [0.2, 0.25) is 0 Å². The summed E-state index contributed by atoms with van der Waals surface area (Å²) in [6, 6.07) is 5.76. The van der Waals surface area contributed by atoms with Gasteiger partial charge in [-0.3, -0.25) is 9.59 Å². The summed E-state index contributed by atoms with van der Waals surface area (Å²) in [5.41, 5.74) is 0.134. The van der Waals surface area contributed by atoms with Crippen LogP contribution in [0.3, 0.4) is 0 Å². The summed E-state index contributed by atoms with van der Waals surface area (Å²) in [4.78, 5) is 22.5. The average molecular weight is 293 g/mol. The first-order valence-electron chi connectivity index (χ1n) is 5.03. The lowest BCUT2D eigenvalue weighted by Crippen LogP contribution is -2.42. The maximum atomic E-state index is 13.6. The van der Waals surface area contributed by atoms with Crippen molar-refractivity contribution < 1.29 is 14.0 Å². The van der Waals surface area contributed by atoms with E-state index in [2.05, 4.69) is 10.6 Å². The van der Waals surface area contributed by atoms with Gasteiger partial charge in [0.05, 0.1) is 0 Å². The van der Waals surface area contributed by atoms with Gasteiger partial charge in [-0.2, -0.15) is 0 Å². The van der Waals surface area contributed by atoms with Crippen LogP contribution >= 0.6 is 23.2 Å². The highest BCUT2D eigenvalue weighted by molar-refractivity contribution is 6.27. The van der Waals surface area contributed by atoms with Crippen LogP contribution < -0.4 is 10.6 Å². The lowest BCUT2D eigenvalue weighted by atomic mass is 10.1. The Balaban J connectivity index is 2.93. The standard InChI is InChI=1S/C11H11Cl2FN2O2/c12-5-9(17)15-11(16-10(18)6-13)7-3-1-2-4-8(7)14/h1-4,11H,5-6H2,(H,15,17)(H,16,18). The molecule has 1 rings (SSSR count). The van der Waals surface area contributed by atoms with E-state index in [4.69, 9.17) is 23.2 Å². The Kier molecular flexibility index (Phi) is 5.88. The van der Waals surface area contributed by atoms with Crippen LogP contribution in [0.15, 0.2) is 24.3 Å². The molecule has 0 unspecified atom stereocenters. The number of amides is 2.